The van der Waals surface area contributed by atoms with E-state index in [1.807, 2.05) is 13.0 Å². The van der Waals surface area contributed by atoms with Gasteiger partial charge in [0.25, 0.3) is 0 Å². The van der Waals surface area contributed by atoms with E-state index in [9.17, 15) is 13.2 Å². The zero-order valence-electron chi connectivity index (χ0n) is 15.0. The third-order valence-electron chi connectivity index (χ3n) is 3.58. The van der Waals surface area contributed by atoms with Gasteiger partial charge in [-0.25, -0.2) is 9.97 Å². The highest BCUT2D eigenvalue weighted by Crippen LogP contribution is 2.38. The maximum atomic E-state index is 13.4. The molecule has 0 aliphatic heterocycles. The molecule has 1 heterocycles. The average Bonchev–Trinajstić information content (AvgIpc) is 2.67. The SMILES string of the molecule is CCCOc1cccc(Nc2ncc(C(F)(F)F)c(Sc3ccccc3)n2)c1. The molecule has 0 saturated heterocycles. The van der Waals surface area contributed by atoms with Gasteiger partial charge in [-0.2, -0.15) is 13.2 Å². The Morgan fingerprint density at radius 2 is 1.86 bits per heavy atom. The van der Waals surface area contributed by atoms with Crippen molar-refractivity contribution in [1.82, 2.24) is 9.97 Å². The predicted octanol–water partition coefficient (Wildman–Crippen LogP) is 6.18. The number of anilines is 2. The van der Waals surface area contributed by atoms with Crippen LogP contribution in [-0.4, -0.2) is 16.6 Å². The monoisotopic (exact) mass is 405 g/mol. The highest BCUT2D eigenvalue weighted by Gasteiger charge is 2.35. The van der Waals surface area contributed by atoms with Gasteiger partial charge in [-0.05, 0) is 30.7 Å². The zero-order chi connectivity index (χ0) is 20.0. The van der Waals surface area contributed by atoms with Gasteiger partial charge in [-0.3, -0.25) is 0 Å². The average molecular weight is 405 g/mol. The van der Waals surface area contributed by atoms with Crippen LogP contribution in [0.2, 0.25) is 0 Å². The Labute approximate surface area is 165 Å². The van der Waals surface area contributed by atoms with Gasteiger partial charge in [0.1, 0.15) is 16.3 Å². The molecule has 0 aliphatic rings. The van der Waals surface area contributed by atoms with Crippen LogP contribution in [0, 0.1) is 0 Å². The standard InChI is InChI=1S/C20H18F3N3OS/c1-2-11-27-15-8-6-7-14(12-15)25-19-24-13-17(20(21,22)23)18(26-19)28-16-9-4-3-5-10-16/h3-10,12-13H,2,11H2,1H3,(H,24,25,26). The van der Waals surface area contributed by atoms with Crippen LogP contribution in [0.3, 0.4) is 0 Å². The van der Waals surface area contributed by atoms with E-state index in [2.05, 4.69) is 15.3 Å². The summed E-state index contributed by atoms with van der Waals surface area (Å²) < 4.78 is 45.6. The zero-order valence-corrected chi connectivity index (χ0v) is 15.8. The van der Waals surface area contributed by atoms with Crippen LogP contribution >= 0.6 is 11.8 Å². The van der Waals surface area contributed by atoms with Crippen molar-refractivity contribution in [1.29, 1.82) is 0 Å². The van der Waals surface area contributed by atoms with E-state index in [1.54, 1.807) is 48.5 Å². The second-order valence-electron chi connectivity index (χ2n) is 5.83. The number of benzene rings is 2. The highest BCUT2D eigenvalue weighted by molar-refractivity contribution is 7.99. The number of hydrogen-bond acceptors (Lipinski definition) is 5. The highest BCUT2D eigenvalue weighted by atomic mass is 32.2. The number of halogens is 3. The fourth-order valence-corrected chi connectivity index (χ4v) is 3.24. The quantitative estimate of drug-likeness (QED) is 0.476. The number of nitrogens with zero attached hydrogens (tertiary/aromatic N) is 2. The van der Waals surface area contributed by atoms with Gasteiger partial charge in [0, 0.05) is 22.8 Å². The summed E-state index contributed by atoms with van der Waals surface area (Å²) in [6.45, 7) is 2.59. The molecule has 1 N–H and O–H groups in total. The van der Waals surface area contributed by atoms with E-state index in [1.165, 1.54) is 0 Å². The molecule has 0 atom stereocenters. The fourth-order valence-electron chi connectivity index (χ4n) is 2.31. The molecule has 0 unspecified atom stereocenters. The molecule has 3 rings (SSSR count). The van der Waals surface area contributed by atoms with E-state index < -0.39 is 11.7 Å². The molecule has 1 aromatic heterocycles. The Kier molecular flexibility index (Phi) is 6.41. The van der Waals surface area contributed by atoms with Crippen molar-refractivity contribution in [2.45, 2.75) is 29.4 Å². The lowest BCUT2D eigenvalue weighted by atomic mass is 10.3. The molecule has 2 aromatic carbocycles. The second-order valence-corrected chi connectivity index (χ2v) is 6.89. The third kappa shape index (κ3) is 5.39. The Morgan fingerprint density at radius 3 is 2.57 bits per heavy atom. The molecule has 0 spiro atoms. The van der Waals surface area contributed by atoms with Crippen LogP contribution in [0.25, 0.3) is 0 Å². The third-order valence-corrected chi connectivity index (χ3v) is 4.59. The molecule has 0 aliphatic carbocycles. The van der Waals surface area contributed by atoms with Crippen molar-refractivity contribution < 1.29 is 17.9 Å². The van der Waals surface area contributed by atoms with Gasteiger partial charge in [-0.15, -0.1) is 0 Å². The lowest BCUT2D eigenvalue weighted by Crippen LogP contribution is -2.10. The molecule has 0 amide bonds. The fraction of sp³-hybridized carbons (Fsp3) is 0.200. The van der Waals surface area contributed by atoms with Gasteiger partial charge in [0.15, 0.2) is 0 Å². The minimum absolute atomic E-state index is 0.0825. The van der Waals surface area contributed by atoms with Gasteiger partial charge in [0.2, 0.25) is 5.95 Å². The van der Waals surface area contributed by atoms with Gasteiger partial charge < -0.3 is 10.1 Å². The van der Waals surface area contributed by atoms with Crippen LogP contribution in [-0.2, 0) is 6.18 Å². The first-order valence-electron chi connectivity index (χ1n) is 8.62. The predicted molar refractivity (Wildman–Crippen MR) is 103 cm³/mol. The maximum Gasteiger partial charge on any atom is 0.420 e. The molecule has 3 aromatic rings. The first-order valence-corrected chi connectivity index (χ1v) is 9.44. The van der Waals surface area contributed by atoms with Gasteiger partial charge in [-0.1, -0.05) is 43.0 Å². The van der Waals surface area contributed by atoms with Crippen LogP contribution in [0.1, 0.15) is 18.9 Å². The van der Waals surface area contributed by atoms with Gasteiger partial charge >= 0.3 is 6.18 Å². The van der Waals surface area contributed by atoms with Crippen molar-refractivity contribution in [2.24, 2.45) is 0 Å². The smallest absolute Gasteiger partial charge is 0.420 e. The van der Waals surface area contributed by atoms with E-state index >= 15 is 0 Å². The summed E-state index contributed by atoms with van der Waals surface area (Å²) in [5.74, 6) is 0.747. The Bertz CT molecular complexity index is 920. The molecule has 146 valence electrons. The van der Waals surface area contributed by atoms with Crippen LogP contribution in [0.15, 0.2) is 70.7 Å². The summed E-state index contributed by atoms with van der Waals surface area (Å²) in [6, 6.07) is 15.9. The largest absolute Gasteiger partial charge is 0.494 e. The summed E-state index contributed by atoms with van der Waals surface area (Å²) in [5.41, 5.74) is -0.240. The Morgan fingerprint density at radius 1 is 1.07 bits per heavy atom. The summed E-state index contributed by atoms with van der Waals surface area (Å²) in [7, 11) is 0. The van der Waals surface area contributed by atoms with Crippen molar-refractivity contribution in [3.05, 3.63) is 66.4 Å². The van der Waals surface area contributed by atoms with Crippen LogP contribution < -0.4 is 10.1 Å². The molecule has 0 fully saturated rings. The molecule has 0 radical (unpaired) electrons. The van der Waals surface area contributed by atoms with E-state index in [0.29, 0.717) is 22.9 Å². The molecular weight excluding hydrogens is 387 g/mol. The molecule has 0 bridgehead atoms. The Hall–Kier alpha value is -2.74. The Balaban J connectivity index is 1.87. The number of aromatic nitrogens is 2. The van der Waals surface area contributed by atoms with Crippen LogP contribution in [0.5, 0.6) is 5.75 Å². The summed E-state index contributed by atoms with van der Waals surface area (Å²) in [4.78, 5) is 8.60. The number of rotatable bonds is 7. The number of alkyl halides is 3. The van der Waals surface area contributed by atoms with Crippen molar-refractivity contribution >= 4 is 23.4 Å². The number of ether oxygens (including phenoxy) is 1. The topological polar surface area (TPSA) is 47.0 Å². The van der Waals surface area contributed by atoms with Crippen molar-refractivity contribution in [3.8, 4) is 5.75 Å². The normalized spacial score (nSPS) is 11.3. The summed E-state index contributed by atoms with van der Waals surface area (Å²) in [6.07, 6.45) is -2.86. The van der Waals surface area contributed by atoms with E-state index in [0.717, 1.165) is 24.4 Å². The summed E-state index contributed by atoms with van der Waals surface area (Å²) >= 11 is 0.944. The number of nitrogens with one attached hydrogen (secondary N) is 1. The van der Waals surface area contributed by atoms with Crippen molar-refractivity contribution in [3.63, 3.8) is 0 Å². The maximum absolute atomic E-state index is 13.4. The van der Waals surface area contributed by atoms with Gasteiger partial charge in [0.05, 0.1) is 6.61 Å². The lowest BCUT2D eigenvalue weighted by Gasteiger charge is -2.13. The first kappa shape index (κ1) is 20.0. The molecule has 4 nitrogen and oxygen atoms in total. The van der Waals surface area contributed by atoms with Crippen LogP contribution in [0.4, 0.5) is 24.8 Å². The minimum atomic E-state index is -4.54. The van der Waals surface area contributed by atoms with Crippen molar-refractivity contribution in [2.75, 3.05) is 11.9 Å². The van der Waals surface area contributed by atoms with E-state index in [-0.39, 0.29) is 11.0 Å². The molecule has 0 saturated carbocycles. The minimum Gasteiger partial charge on any atom is -0.494 e. The second kappa shape index (κ2) is 8.97. The van der Waals surface area contributed by atoms with E-state index in [4.69, 9.17) is 4.74 Å². The molecule has 28 heavy (non-hydrogen) atoms. The first-order chi connectivity index (χ1) is 13.5. The number of hydrogen-bond donors (Lipinski definition) is 1. The molecule has 8 heteroatoms. The molecular formula is C20H18F3N3OS. The summed E-state index contributed by atoms with van der Waals surface area (Å²) in [5, 5.41) is 2.78. The lowest BCUT2D eigenvalue weighted by molar-refractivity contribution is -0.140.